The fourth-order valence-corrected chi connectivity index (χ4v) is 3.97. The molecule has 1 aliphatic rings. The summed E-state index contributed by atoms with van der Waals surface area (Å²) in [5.74, 6) is -0.467. The van der Waals surface area contributed by atoms with Crippen molar-refractivity contribution in [2.45, 2.75) is 13.0 Å². The number of nitrogens with two attached hydrogens (primary N) is 1. The number of nitrogens with zero attached hydrogens (tertiary/aromatic N) is 3. The van der Waals surface area contributed by atoms with Crippen LogP contribution in [0.4, 0.5) is 5.69 Å². The van der Waals surface area contributed by atoms with Gasteiger partial charge in [-0.15, -0.1) is 0 Å². The third-order valence-electron chi connectivity index (χ3n) is 5.59. The minimum absolute atomic E-state index is 0.0228. The molecule has 33 heavy (non-hydrogen) atoms. The molecule has 0 fully saturated rings. The van der Waals surface area contributed by atoms with E-state index in [0.29, 0.717) is 22.7 Å². The lowest BCUT2D eigenvalue weighted by atomic mass is 10.0. The first-order valence-electron chi connectivity index (χ1n) is 10.6. The number of fused-ring (bicyclic) bond motifs is 1. The Morgan fingerprint density at radius 1 is 1.00 bits per heavy atom. The number of ether oxygens (including phenoxy) is 1. The predicted molar refractivity (Wildman–Crippen MR) is 125 cm³/mol. The van der Waals surface area contributed by atoms with Crippen LogP contribution in [-0.4, -0.2) is 34.2 Å². The van der Waals surface area contributed by atoms with Crippen LogP contribution in [0.25, 0.3) is 16.9 Å². The Balaban J connectivity index is 1.64. The van der Waals surface area contributed by atoms with Crippen LogP contribution in [0.5, 0.6) is 5.75 Å². The van der Waals surface area contributed by atoms with Gasteiger partial charge in [-0.2, -0.15) is 5.10 Å². The Morgan fingerprint density at radius 2 is 1.76 bits per heavy atom. The molecule has 1 atom stereocenters. The molecule has 3 aromatic carbocycles. The molecule has 1 aromatic heterocycles. The maximum Gasteiger partial charge on any atom is 0.262 e. The molecular formula is C26H22N4O3. The molecule has 5 rings (SSSR count). The summed E-state index contributed by atoms with van der Waals surface area (Å²) >= 11 is 0. The Labute approximate surface area is 191 Å². The van der Waals surface area contributed by atoms with Gasteiger partial charge >= 0.3 is 0 Å². The average Bonchev–Trinajstić information content (AvgIpc) is 3.29. The van der Waals surface area contributed by atoms with Crippen molar-refractivity contribution in [1.82, 2.24) is 9.78 Å². The molecule has 164 valence electrons. The van der Waals surface area contributed by atoms with Gasteiger partial charge in [-0.3, -0.25) is 9.59 Å². The van der Waals surface area contributed by atoms with Crippen LogP contribution < -0.4 is 15.4 Å². The predicted octanol–water partition coefficient (Wildman–Crippen LogP) is 3.74. The van der Waals surface area contributed by atoms with Gasteiger partial charge in [0, 0.05) is 11.8 Å². The molecule has 0 saturated heterocycles. The Kier molecular flexibility index (Phi) is 5.14. The van der Waals surface area contributed by atoms with Crippen molar-refractivity contribution < 1.29 is 14.3 Å². The van der Waals surface area contributed by atoms with Gasteiger partial charge < -0.3 is 15.4 Å². The molecule has 2 N–H and O–H groups in total. The van der Waals surface area contributed by atoms with Gasteiger partial charge in [0.15, 0.2) is 6.10 Å². The summed E-state index contributed by atoms with van der Waals surface area (Å²) in [6.45, 7) is 2.02. The topological polar surface area (TPSA) is 90.5 Å². The number of anilines is 1. The minimum Gasteiger partial charge on any atom is -0.477 e. The number of amides is 2. The highest BCUT2D eigenvalue weighted by Gasteiger charge is 2.34. The first-order valence-corrected chi connectivity index (χ1v) is 10.6. The number of carbonyl (C=O) groups excluding carboxylic acids is 2. The van der Waals surface area contributed by atoms with E-state index in [2.05, 4.69) is 0 Å². The Bertz CT molecular complexity index is 1350. The summed E-state index contributed by atoms with van der Waals surface area (Å²) in [5, 5.41) is 4.76. The molecule has 0 unspecified atom stereocenters. The summed E-state index contributed by atoms with van der Waals surface area (Å²) in [4.78, 5) is 27.4. The van der Waals surface area contributed by atoms with E-state index in [-0.39, 0.29) is 12.5 Å². The van der Waals surface area contributed by atoms with Crippen LogP contribution in [0.1, 0.15) is 15.9 Å². The number of aryl methyl sites for hydroxylation is 1. The van der Waals surface area contributed by atoms with E-state index in [1.54, 1.807) is 34.0 Å². The van der Waals surface area contributed by atoms with E-state index in [9.17, 15) is 9.59 Å². The molecule has 0 spiro atoms. The van der Waals surface area contributed by atoms with Gasteiger partial charge in [0.2, 0.25) is 0 Å². The van der Waals surface area contributed by atoms with Crippen LogP contribution in [0.2, 0.25) is 0 Å². The number of primary amides is 1. The summed E-state index contributed by atoms with van der Waals surface area (Å²) < 4.78 is 7.42. The van der Waals surface area contributed by atoms with Crippen molar-refractivity contribution in [3.8, 4) is 22.7 Å². The van der Waals surface area contributed by atoms with Crippen LogP contribution in [0, 0.1) is 6.92 Å². The van der Waals surface area contributed by atoms with Gasteiger partial charge in [-0.05, 0) is 37.3 Å². The first-order chi connectivity index (χ1) is 16.0. The van der Waals surface area contributed by atoms with Crippen molar-refractivity contribution in [2.75, 3.05) is 11.4 Å². The molecule has 7 nitrogen and oxygen atoms in total. The largest absolute Gasteiger partial charge is 0.477 e. The van der Waals surface area contributed by atoms with Crippen molar-refractivity contribution in [3.05, 3.63) is 96.2 Å². The quantitative estimate of drug-likeness (QED) is 0.526. The molecule has 0 radical (unpaired) electrons. The molecule has 2 heterocycles. The third kappa shape index (κ3) is 3.85. The minimum atomic E-state index is -0.935. The zero-order valence-electron chi connectivity index (χ0n) is 18.0. The van der Waals surface area contributed by atoms with Crippen molar-refractivity contribution in [3.63, 3.8) is 0 Å². The highest BCUT2D eigenvalue weighted by Crippen LogP contribution is 2.35. The molecule has 7 heteroatoms. The third-order valence-corrected chi connectivity index (χ3v) is 5.59. The van der Waals surface area contributed by atoms with E-state index in [1.807, 2.05) is 67.6 Å². The van der Waals surface area contributed by atoms with E-state index in [4.69, 9.17) is 15.6 Å². The van der Waals surface area contributed by atoms with Gasteiger partial charge in [-0.25, -0.2) is 4.68 Å². The van der Waals surface area contributed by atoms with Crippen LogP contribution in [0.3, 0.4) is 0 Å². The zero-order chi connectivity index (χ0) is 22.9. The highest BCUT2D eigenvalue weighted by molar-refractivity contribution is 6.11. The van der Waals surface area contributed by atoms with Gasteiger partial charge in [0.05, 0.1) is 23.5 Å². The molecule has 0 saturated carbocycles. The van der Waals surface area contributed by atoms with E-state index < -0.39 is 12.0 Å². The van der Waals surface area contributed by atoms with Crippen molar-refractivity contribution in [1.29, 1.82) is 0 Å². The maximum atomic E-state index is 13.9. The number of carbonyl (C=O) groups is 2. The number of para-hydroxylation sites is 3. The number of rotatable bonds is 4. The van der Waals surface area contributed by atoms with E-state index in [1.165, 1.54) is 0 Å². The zero-order valence-corrected chi connectivity index (χ0v) is 18.0. The summed E-state index contributed by atoms with van der Waals surface area (Å²) in [7, 11) is 0. The van der Waals surface area contributed by atoms with Crippen LogP contribution in [-0.2, 0) is 4.79 Å². The monoisotopic (exact) mass is 438 g/mol. The lowest BCUT2D eigenvalue weighted by molar-refractivity contribution is -0.124. The number of hydrogen-bond acceptors (Lipinski definition) is 4. The van der Waals surface area contributed by atoms with Crippen molar-refractivity contribution in [2.24, 2.45) is 5.73 Å². The fraction of sp³-hybridized carbons (Fsp3) is 0.115. The molecule has 0 bridgehead atoms. The molecular weight excluding hydrogens is 416 g/mol. The first kappa shape index (κ1) is 20.5. The number of hydrogen-bond donors (Lipinski definition) is 1. The van der Waals surface area contributed by atoms with Gasteiger partial charge in [-0.1, -0.05) is 54.1 Å². The Morgan fingerprint density at radius 3 is 2.52 bits per heavy atom. The SMILES string of the molecule is Cc1cccc(-c2nn(-c3ccccc3)cc2C(=O)N2C[C@@H](C(N)=O)Oc3ccccc32)c1. The lowest BCUT2D eigenvalue weighted by Gasteiger charge is -2.33. The van der Waals surface area contributed by atoms with Gasteiger partial charge in [0.25, 0.3) is 11.8 Å². The second kappa shape index (κ2) is 8.27. The fourth-order valence-electron chi connectivity index (χ4n) is 3.97. The molecule has 2 amide bonds. The van der Waals surface area contributed by atoms with E-state index >= 15 is 0 Å². The smallest absolute Gasteiger partial charge is 0.262 e. The van der Waals surface area contributed by atoms with E-state index in [0.717, 1.165) is 16.8 Å². The molecule has 0 aliphatic carbocycles. The average molecular weight is 438 g/mol. The lowest BCUT2D eigenvalue weighted by Crippen LogP contribution is -2.49. The summed E-state index contributed by atoms with van der Waals surface area (Å²) in [6.07, 6.45) is 0.794. The normalized spacial score (nSPS) is 14.9. The number of benzene rings is 3. The second-order valence-corrected chi connectivity index (χ2v) is 7.93. The Hall–Kier alpha value is -4.39. The second-order valence-electron chi connectivity index (χ2n) is 7.93. The molecule has 4 aromatic rings. The number of aromatic nitrogens is 2. The highest BCUT2D eigenvalue weighted by atomic mass is 16.5. The summed E-state index contributed by atoms with van der Waals surface area (Å²) in [6, 6.07) is 24.6. The standard InChI is InChI=1S/C26H22N4O3/c1-17-8-7-9-18(14-17)24-20(15-30(28-24)19-10-3-2-4-11-19)26(32)29-16-23(25(27)31)33-22-13-6-5-12-21(22)29/h2-15,23H,16H2,1H3,(H2,27,31)/t23-/m0/s1. The van der Waals surface area contributed by atoms with Gasteiger partial charge in [0.1, 0.15) is 11.4 Å². The maximum absolute atomic E-state index is 13.9. The summed E-state index contributed by atoms with van der Waals surface area (Å²) in [5.41, 5.74) is 9.82. The van der Waals surface area contributed by atoms with Crippen LogP contribution >= 0.6 is 0 Å². The van der Waals surface area contributed by atoms with Crippen LogP contribution in [0.15, 0.2) is 85.1 Å². The van der Waals surface area contributed by atoms with Crippen molar-refractivity contribution >= 4 is 17.5 Å². The molecule has 1 aliphatic heterocycles.